The van der Waals surface area contributed by atoms with Gasteiger partial charge in [0.05, 0.1) is 10.6 Å². The van der Waals surface area contributed by atoms with Gasteiger partial charge in [0.25, 0.3) is 11.1 Å². The average molecular weight is 395 g/mol. The highest BCUT2D eigenvalue weighted by Crippen LogP contribution is 2.36. The molecule has 3 aromatic rings. The number of aromatic nitrogens is 1. The number of halogens is 1. The molecular formula is C21H15ClN2O2S. The Bertz CT molecular complexity index is 1070. The molecule has 2 amide bonds. The predicted octanol–water partition coefficient (Wildman–Crippen LogP) is 5.68. The third-order valence-corrected chi connectivity index (χ3v) is 5.43. The highest BCUT2D eigenvalue weighted by Gasteiger charge is 2.36. The minimum absolute atomic E-state index is 0.317. The van der Waals surface area contributed by atoms with E-state index >= 15 is 0 Å². The number of hydrogen-bond acceptors (Lipinski definition) is 3. The SMILES string of the molecule is Cc1ccccc1-n1cccc1/C=C1/SC(=O)N(c2ccc(Cl)cc2)C1=O. The van der Waals surface area contributed by atoms with Crippen LogP contribution >= 0.6 is 23.4 Å². The summed E-state index contributed by atoms with van der Waals surface area (Å²) in [6.45, 7) is 2.04. The highest BCUT2D eigenvalue weighted by atomic mass is 35.5. The molecule has 0 saturated carbocycles. The number of aryl methyl sites for hydroxylation is 1. The number of thioether (sulfide) groups is 1. The lowest BCUT2D eigenvalue weighted by Crippen LogP contribution is -2.27. The van der Waals surface area contributed by atoms with Crippen molar-refractivity contribution in [1.29, 1.82) is 0 Å². The molecule has 0 aliphatic carbocycles. The van der Waals surface area contributed by atoms with Crippen molar-refractivity contribution in [2.24, 2.45) is 0 Å². The smallest absolute Gasteiger partial charge is 0.298 e. The molecule has 1 aliphatic rings. The van der Waals surface area contributed by atoms with E-state index in [1.807, 2.05) is 54.1 Å². The van der Waals surface area contributed by atoms with Gasteiger partial charge in [0.2, 0.25) is 0 Å². The number of hydrogen-bond donors (Lipinski definition) is 0. The molecule has 6 heteroatoms. The minimum Gasteiger partial charge on any atom is -0.317 e. The normalized spacial score (nSPS) is 15.8. The molecule has 2 heterocycles. The van der Waals surface area contributed by atoms with Crippen molar-refractivity contribution >= 4 is 46.3 Å². The van der Waals surface area contributed by atoms with Crippen molar-refractivity contribution in [1.82, 2.24) is 4.57 Å². The number of imide groups is 1. The average Bonchev–Trinajstić information content (AvgIpc) is 3.21. The Hall–Kier alpha value is -2.76. The largest absolute Gasteiger partial charge is 0.317 e. The van der Waals surface area contributed by atoms with E-state index in [4.69, 9.17) is 11.6 Å². The maximum absolute atomic E-state index is 12.8. The Balaban J connectivity index is 1.70. The van der Waals surface area contributed by atoms with Crippen molar-refractivity contribution in [3.05, 3.63) is 88.0 Å². The van der Waals surface area contributed by atoms with E-state index in [9.17, 15) is 9.59 Å². The molecule has 0 N–H and O–H groups in total. The zero-order valence-electron chi connectivity index (χ0n) is 14.4. The quantitative estimate of drug-likeness (QED) is 0.536. The standard InChI is InChI=1S/C21H15ClN2O2S/c1-14-5-2-3-7-18(14)23-12-4-6-17(23)13-19-20(25)24(21(26)27-19)16-10-8-15(22)9-11-16/h2-13H,1H3/b19-13+. The number of amides is 2. The van der Waals surface area contributed by atoms with Crippen LogP contribution in [0.1, 0.15) is 11.3 Å². The molecule has 1 fully saturated rings. The number of para-hydroxylation sites is 1. The second-order valence-corrected chi connectivity index (χ2v) is 7.51. The second-order valence-electron chi connectivity index (χ2n) is 6.08. The summed E-state index contributed by atoms with van der Waals surface area (Å²) in [6.07, 6.45) is 3.70. The van der Waals surface area contributed by atoms with E-state index in [1.54, 1.807) is 30.3 Å². The number of carbonyl (C=O) groups excluding carboxylic acids is 2. The molecule has 134 valence electrons. The summed E-state index contributed by atoms with van der Waals surface area (Å²) in [4.78, 5) is 26.8. The molecule has 0 atom stereocenters. The summed E-state index contributed by atoms with van der Waals surface area (Å²) in [5, 5.41) is 0.236. The summed E-state index contributed by atoms with van der Waals surface area (Å²) >= 11 is 6.83. The Labute approximate surface area is 166 Å². The van der Waals surface area contributed by atoms with Crippen LogP contribution in [0.5, 0.6) is 0 Å². The van der Waals surface area contributed by atoms with Gasteiger partial charge in [0.15, 0.2) is 0 Å². The summed E-state index contributed by atoms with van der Waals surface area (Å²) in [5.41, 5.74) is 3.51. The van der Waals surface area contributed by atoms with Crippen LogP contribution in [0.15, 0.2) is 71.8 Å². The van der Waals surface area contributed by atoms with Crippen LogP contribution < -0.4 is 4.90 Å². The van der Waals surface area contributed by atoms with E-state index in [1.165, 1.54) is 4.90 Å². The van der Waals surface area contributed by atoms with Gasteiger partial charge in [-0.25, -0.2) is 4.90 Å². The number of benzene rings is 2. The van der Waals surface area contributed by atoms with Gasteiger partial charge >= 0.3 is 0 Å². The number of carbonyl (C=O) groups is 2. The molecule has 1 saturated heterocycles. The van der Waals surface area contributed by atoms with Crippen LogP contribution in [-0.2, 0) is 4.79 Å². The van der Waals surface area contributed by atoms with Gasteiger partial charge < -0.3 is 4.57 Å². The molecule has 0 spiro atoms. The first kappa shape index (κ1) is 17.6. The molecule has 2 aromatic carbocycles. The molecule has 0 radical (unpaired) electrons. The predicted molar refractivity (Wildman–Crippen MR) is 110 cm³/mol. The maximum Gasteiger partial charge on any atom is 0.298 e. The minimum atomic E-state index is -0.329. The third-order valence-electron chi connectivity index (χ3n) is 4.31. The van der Waals surface area contributed by atoms with E-state index < -0.39 is 0 Å². The molecular weight excluding hydrogens is 380 g/mol. The molecule has 1 aliphatic heterocycles. The Morgan fingerprint density at radius 2 is 1.70 bits per heavy atom. The number of rotatable bonds is 3. The third kappa shape index (κ3) is 3.31. The zero-order valence-corrected chi connectivity index (χ0v) is 16.0. The van der Waals surface area contributed by atoms with Crippen LogP contribution in [0, 0.1) is 6.92 Å². The lowest BCUT2D eigenvalue weighted by atomic mass is 10.2. The first-order valence-corrected chi connectivity index (χ1v) is 9.51. The van der Waals surface area contributed by atoms with Gasteiger partial charge in [-0.15, -0.1) is 0 Å². The van der Waals surface area contributed by atoms with Crippen molar-refractivity contribution in [2.75, 3.05) is 4.90 Å². The van der Waals surface area contributed by atoms with Gasteiger partial charge in [-0.2, -0.15) is 0 Å². The fourth-order valence-electron chi connectivity index (χ4n) is 2.98. The summed E-state index contributed by atoms with van der Waals surface area (Å²) < 4.78 is 2.01. The van der Waals surface area contributed by atoms with E-state index in [-0.39, 0.29) is 11.1 Å². The molecule has 27 heavy (non-hydrogen) atoms. The Kier molecular flexibility index (Phi) is 4.64. The van der Waals surface area contributed by atoms with Crippen molar-refractivity contribution in [3.8, 4) is 5.69 Å². The van der Waals surface area contributed by atoms with Gasteiger partial charge in [-0.05, 0) is 72.8 Å². The van der Waals surface area contributed by atoms with Gasteiger partial charge in [0, 0.05) is 22.6 Å². The van der Waals surface area contributed by atoms with Gasteiger partial charge in [-0.3, -0.25) is 9.59 Å². The van der Waals surface area contributed by atoms with Gasteiger partial charge in [-0.1, -0.05) is 29.8 Å². The van der Waals surface area contributed by atoms with Crippen LogP contribution in [0.25, 0.3) is 11.8 Å². The molecule has 0 unspecified atom stereocenters. The summed E-state index contributed by atoms with van der Waals surface area (Å²) in [6, 6.07) is 18.5. The Morgan fingerprint density at radius 1 is 0.963 bits per heavy atom. The summed E-state index contributed by atoms with van der Waals surface area (Å²) in [5.74, 6) is -0.329. The van der Waals surface area contributed by atoms with Crippen molar-refractivity contribution in [2.45, 2.75) is 6.92 Å². The maximum atomic E-state index is 12.8. The van der Waals surface area contributed by atoms with E-state index in [2.05, 4.69) is 0 Å². The number of nitrogens with zero attached hydrogens (tertiary/aromatic N) is 2. The van der Waals surface area contributed by atoms with Crippen LogP contribution in [0.4, 0.5) is 10.5 Å². The first-order valence-electron chi connectivity index (χ1n) is 8.31. The van der Waals surface area contributed by atoms with E-state index in [0.29, 0.717) is 15.6 Å². The van der Waals surface area contributed by atoms with Crippen molar-refractivity contribution < 1.29 is 9.59 Å². The zero-order chi connectivity index (χ0) is 19.0. The fraction of sp³-hybridized carbons (Fsp3) is 0.0476. The molecule has 1 aromatic heterocycles. The second kappa shape index (κ2) is 7.10. The lowest BCUT2D eigenvalue weighted by Gasteiger charge is -2.12. The van der Waals surface area contributed by atoms with Crippen LogP contribution in [0.3, 0.4) is 0 Å². The highest BCUT2D eigenvalue weighted by molar-refractivity contribution is 8.19. The topological polar surface area (TPSA) is 42.3 Å². The van der Waals surface area contributed by atoms with Crippen LogP contribution in [-0.4, -0.2) is 15.7 Å². The fourth-order valence-corrected chi connectivity index (χ4v) is 3.93. The summed E-state index contributed by atoms with van der Waals surface area (Å²) in [7, 11) is 0. The van der Waals surface area contributed by atoms with Crippen LogP contribution in [0.2, 0.25) is 5.02 Å². The first-order chi connectivity index (χ1) is 13.0. The monoisotopic (exact) mass is 394 g/mol. The van der Waals surface area contributed by atoms with Gasteiger partial charge in [0.1, 0.15) is 0 Å². The molecule has 4 rings (SSSR count). The number of anilines is 1. The molecule has 0 bridgehead atoms. The van der Waals surface area contributed by atoms with E-state index in [0.717, 1.165) is 28.7 Å². The Morgan fingerprint density at radius 3 is 2.44 bits per heavy atom. The molecule has 4 nitrogen and oxygen atoms in total. The lowest BCUT2D eigenvalue weighted by molar-refractivity contribution is -0.113. The van der Waals surface area contributed by atoms with Crippen molar-refractivity contribution in [3.63, 3.8) is 0 Å².